The third-order valence-electron chi connectivity index (χ3n) is 3.89. The van der Waals surface area contributed by atoms with E-state index in [0.717, 1.165) is 37.8 Å². The molecule has 1 N–H and O–H groups in total. The molecule has 2 unspecified atom stereocenters. The van der Waals surface area contributed by atoms with E-state index in [1.54, 1.807) is 0 Å². The Morgan fingerprint density at radius 2 is 2.31 bits per heavy atom. The summed E-state index contributed by atoms with van der Waals surface area (Å²) in [6.07, 6.45) is 4.77. The minimum atomic E-state index is 0.769. The van der Waals surface area contributed by atoms with Gasteiger partial charge in [0, 0.05) is 19.4 Å². The van der Waals surface area contributed by atoms with E-state index in [-0.39, 0.29) is 0 Å². The summed E-state index contributed by atoms with van der Waals surface area (Å²) in [6, 6.07) is 0. The Morgan fingerprint density at radius 1 is 1.38 bits per heavy atom. The largest absolute Gasteiger partial charge is 0.316 e. The van der Waals surface area contributed by atoms with Crippen molar-refractivity contribution < 1.29 is 0 Å². The van der Waals surface area contributed by atoms with Gasteiger partial charge in [-0.2, -0.15) is 0 Å². The first-order valence-electron chi connectivity index (χ1n) is 6.44. The number of fused-ring (bicyclic) bond motifs is 1. The SMILES string of the molecule is CC1CCc2nnc(CC3CCNC3)n2C1. The fourth-order valence-corrected chi connectivity index (χ4v) is 2.84. The van der Waals surface area contributed by atoms with Crippen LogP contribution in [0.15, 0.2) is 0 Å². The monoisotopic (exact) mass is 220 g/mol. The molecule has 2 aliphatic heterocycles. The number of nitrogens with one attached hydrogen (secondary N) is 1. The molecule has 0 aliphatic carbocycles. The number of aryl methyl sites for hydroxylation is 1. The number of hydrogen-bond acceptors (Lipinski definition) is 3. The summed E-state index contributed by atoms with van der Waals surface area (Å²) in [4.78, 5) is 0. The molecule has 3 heterocycles. The smallest absolute Gasteiger partial charge is 0.133 e. The van der Waals surface area contributed by atoms with Crippen molar-refractivity contribution in [3.8, 4) is 0 Å². The third-order valence-corrected chi connectivity index (χ3v) is 3.89. The molecule has 1 saturated heterocycles. The average Bonchev–Trinajstić information content (AvgIpc) is 2.90. The Kier molecular flexibility index (Phi) is 2.67. The van der Waals surface area contributed by atoms with Crippen LogP contribution in [0.1, 0.15) is 31.4 Å². The van der Waals surface area contributed by atoms with Crippen LogP contribution in [0, 0.1) is 11.8 Å². The first kappa shape index (κ1) is 10.3. The lowest BCUT2D eigenvalue weighted by molar-refractivity contribution is 0.380. The summed E-state index contributed by atoms with van der Waals surface area (Å²) in [5.41, 5.74) is 0. The van der Waals surface area contributed by atoms with E-state index < -0.39 is 0 Å². The van der Waals surface area contributed by atoms with Crippen molar-refractivity contribution in [2.75, 3.05) is 13.1 Å². The number of hydrogen-bond donors (Lipinski definition) is 1. The zero-order valence-electron chi connectivity index (χ0n) is 9.95. The van der Waals surface area contributed by atoms with Gasteiger partial charge in [0.1, 0.15) is 11.6 Å². The molecule has 0 spiro atoms. The maximum atomic E-state index is 4.38. The van der Waals surface area contributed by atoms with Crippen molar-refractivity contribution in [2.24, 2.45) is 11.8 Å². The molecule has 0 bridgehead atoms. The minimum Gasteiger partial charge on any atom is -0.316 e. The van der Waals surface area contributed by atoms with Crippen LogP contribution in [-0.2, 0) is 19.4 Å². The first-order valence-corrected chi connectivity index (χ1v) is 6.44. The molecule has 1 aromatic heterocycles. The highest BCUT2D eigenvalue weighted by Gasteiger charge is 2.23. The predicted octanol–water partition coefficient (Wildman–Crippen LogP) is 1.01. The van der Waals surface area contributed by atoms with Gasteiger partial charge in [-0.3, -0.25) is 0 Å². The van der Waals surface area contributed by atoms with Gasteiger partial charge in [0.25, 0.3) is 0 Å². The number of nitrogens with zero attached hydrogens (tertiary/aromatic N) is 3. The molecular weight excluding hydrogens is 200 g/mol. The Labute approximate surface area is 96.4 Å². The molecule has 0 amide bonds. The summed E-state index contributed by atoms with van der Waals surface area (Å²) >= 11 is 0. The van der Waals surface area contributed by atoms with E-state index in [0.29, 0.717) is 0 Å². The standard InChI is InChI=1S/C12H20N4/c1-9-2-3-11-14-15-12(16(11)8-9)6-10-4-5-13-7-10/h9-10,13H,2-8H2,1H3. The zero-order chi connectivity index (χ0) is 11.0. The molecule has 2 aliphatic rings. The second kappa shape index (κ2) is 4.17. The van der Waals surface area contributed by atoms with Crippen LogP contribution in [0.4, 0.5) is 0 Å². The highest BCUT2D eigenvalue weighted by molar-refractivity contribution is 5.01. The predicted molar refractivity (Wildman–Crippen MR) is 62.2 cm³/mol. The van der Waals surface area contributed by atoms with Crippen molar-refractivity contribution in [3.05, 3.63) is 11.6 Å². The maximum Gasteiger partial charge on any atom is 0.133 e. The van der Waals surface area contributed by atoms with Crippen molar-refractivity contribution in [1.82, 2.24) is 20.1 Å². The molecule has 1 fully saturated rings. The molecule has 0 radical (unpaired) electrons. The van der Waals surface area contributed by atoms with Crippen molar-refractivity contribution >= 4 is 0 Å². The Morgan fingerprint density at radius 3 is 3.12 bits per heavy atom. The van der Waals surface area contributed by atoms with E-state index in [9.17, 15) is 0 Å². The van der Waals surface area contributed by atoms with Gasteiger partial charge in [-0.05, 0) is 37.8 Å². The van der Waals surface area contributed by atoms with Crippen LogP contribution in [-0.4, -0.2) is 27.9 Å². The van der Waals surface area contributed by atoms with Gasteiger partial charge >= 0.3 is 0 Å². The molecule has 4 nitrogen and oxygen atoms in total. The van der Waals surface area contributed by atoms with E-state index in [1.165, 1.54) is 31.0 Å². The molecule has 16 heavy (non-hydrogen) atoms. The van der Waals surface area contributed by atoms with Gasteiger partial charge in [-0.25, -0.2) is 0 Å². The molecule has 0 saturated carbocycles. The average molecular weight is 220 g/mol. The Balaban J connectivity index is 1.77. The third kappa shape index (κ3) is 1.86. The number of aromatic nitrogens is 3. The lowest BCUT2D eigenvalue weighted by atomic mass is 10.0. The van der Waals surface area contributed by atoms with Gasteiger partial charge in [-0.1, -0.05) is 6.92 Å². The van der Waals surface area contributed by atoms with Crippen LogP contribution in [0.5, 0.6) is 0 Å². The Bertz CT molecular complexity index is 365. The van der Waals surface area contributed by atoms with Gasteiger partial charge < -0.3 is 9.88 Å². The zero-order valence-corrected chi connectivity index (χ0v) is 9.95. The van der Waals surface area contributed by atoms with Crippen LogP contribution < -0.4 is 5.32 Å². The van der Waals surface area contributed by atoms with Crippen molar-refractivity contribution in [2.45, 2.75) is 39.2 Å². The van der Waals surface area contributed by atoms with E-state index in [1.807, 2.05) is 0 Å². The summed E-state index contributed by atoms with van der Waals surface area (Å²) in [6.45, 7) is 5.77. The molecule has 1 aromatic rings. The van der Waals surface area contributed by atoms with Crippen LogP contribution in [0.25, 0.3) is 0 Å². The summed E-state index contributed by atoms with van der Waals surface area (Å²) in [5, 5.41) is 12.1. The van der Waals surface area contributed by atoms with E-state index in [4.69, 9.17) is 0 Å². The number of rotatable bonds is 2. The molecule has 2 atom stereocenters. The molecule has 88 valence electrons. The Hall–Kier alpha value is -0.900. The highest BCUT2D eigenvalue weighted by Crippen LogP contribution is 2.22. The van der Waals surface area contributed by atoms with Crippen LogP contribution >= 0.6 is 0 Å². The summed E-state index contributed by atoms with van der Waals surface area (Å²) in [5.74, 6) is 3.98. The van der Waals surface area contributed by atoms with Gasteiger partial charge in [0.2, 0.25) is 0 Å². The molecule has 4 heteroatoms. The van der Waals surface area contributed by atoms with Crippen LogP contribution in [0.2, 0.25) is 0 Å². The quantitative estimate of drug-likeness (QED) is 0.809. The second-order valence-electron chi connectivity index (χ2n) is 5.35. The minimum absolute atomic E-state index is 0.769. The van der Waals surface area contributed by atoms with Crippen molar-refractivity contribution in [1.29, 1.82) is 0 Å². The van der Waals surface area contributed by atoms with Gasteiger partial charge in [0.15, 0.2) is 0 Å². The van der Waals surface area contributed by atoms with Crippen LogP contribution in [0.3, 0.4) is 0 Å². The van der Waals surface area contributed by atoms with Gasteiger partial charge in [-0.15, -0.1) is 10.2 Å². The second-order valence-corrected chi connectivity index (χ2v) is 5.35. The maximum absolute atomic E-state index is 4.38. The van der Waals surface area contributed by atoms with E-state index in [2.05, 4.69) is 27.0 Å². The molecule has 0 aromatic carbocycles. The highest BCUT2D eigenvalue weighted by atomic mass is 15.3. The fraction of sp³-hybridized carbons (Fsp3) is 0.833. The summed E-state index contributed by atoms with van der Waals surface area (Å²) < 4.78 is 2.37. The molecule has 3 rings (SSSR count). The first-order chi connectivity index (χ1) is 7.83. The topological polar surface area (TPSA) is 42.7 Å². The lowest BCUT2D eigenvalue weighted by Crippen LogP contribution is -2.21. The van der Waals surface area contributed by atoms with Gasteiger partial charge in [0.05, 0.1) is 0 Å². The normalized spacial score (nSPS) is 29.3. The summed E-state index contributed by atoms with van der Waals surface area (Å²) in [7, 11) is 0. The fourth-order valence-electron chi connectivity index (χ4n) is 2.84. The van der Waals surface area contributed by atoms with E-state index >= 15 is 0 Å². The lowest BCUT2D eigenvalue weighted by Gasteiger charge is -2.21. The van der Waals surface area contributed by atoms with Crippen molar-refractivity contribution in [3.63, 3.8) is 0 Å². The molecular formula is C12H20N4.